The number of hydrogen-bond acceptors (Lipinski definition) is 3. The van der Waals surface area contributed by atoms with Crippen LogP contribution in [-0.4, -0.2) is 49.6 Å². The molecule has 1 aliphatic heterocycles. The molecule has 1 fully saturated rings. The zero-order chi connectivity index (χ0) is 14.0. The molecule has 0 radical (unpaired) electrons. The Morgan fingerprint density at radius 2 is 2.11 bits per heavy atom. The summed E-state index contributed by atoms with van der Waals surface area (Å²) in [7, 11) is -3.08. The molecule has 1 heterocycles. The predicted octanol–water partition coefficient (Wildman–Crippen LogP) is 1.91. The van der Waals surface area contributed by atoms with Crippen LogP contribution in [0.25, 0.3) is 0 Å². The highest BCUT2D eigenvalue weighted by molar-refractivity contribution is 9.10. The second-order valence-electron chi connectivity index (χ2n) is 5.09. The van der Waals surface area contributed by atoms with Crippen molar-refractivity contribution in [1.29, 1.82) is 0 Å². The topological polar surface area (TPSA) is 40.6 Å². The van der Waals surface area contributed by atoms with E-state index in [2.05, 4.69) is 33.0 Å². The zero-order valence-electron chi connectivity index (χ0n) is 11.2. The lowest BCUT2D eigenvalue weighted by atomic mass is 10.1. The van der Waals surface area contributed by atoms with Crippen LogP contribution < -0.4 is 0 Å². The van der Waals surface area contributed by atoms with Crippen LogP contribution in [0.1, 0.15) is 12.5 Å². The fourth-order valence-corrected chi connectivity index (χ4v) is 4.13. The maximum atomic E-state index is 11.6. The molecule has 1 aliphatic rings. The number of hydrogen-bond donors (Lipinski definition) is 0. The van der Waals surface area contributed by atoms with Crippen LogP contribution in [-0.2, 0) is 16.6 Å². The average molecular weight is 347 g/mol. The second kappa shape index (κ2) is 5.91. The van der Waals surface area contributed by atoms with Gasteiger partial charge in [-0.2, -0.15) is 4.31 Å². The molecule has 0 spiro atoms. The van der Waals surface area contributed by atoms with E-state index in [9.17, 15) is 8.42 Å². The molecule has 0 bridgehead atoms. The maximum Gasteiger partial charge on any atom is 0.211 e. The first-order valence-electron chi connectivity index (χ1n) is 6.30. The van der Waals surface area contributed by atoms with Gasteiger partial charge in [-0.15, -0.1) is 0 Å². The number of piperazine rings is 1. The van der Waals surface area contributed by atoms with Gasteiger partial charge < -0.3 is 0 Å². The molecule has 0 amide bonds. The van der Waals surface area contributed by atoms with E-state index in [0.29, 0.717) is 6.54 Å². The summed E-state index contributed by atoms with van der Waals surface area (Å²) >= 11 is 3.47. The monoisotopic (exact) mass is 346 g/mol. The molecule has 0 N–H and O–H groups in total. The summed E-state index contributed by atoms with van der Waals surface area (Å²) in [6.45, 7) is 4.97. The van der Waals surface area contributed by atoms with Crippen molar-refractivity contribution in [2.75, 3.05) is 25.9 Å². The molecule has 19 heavy (non-hydrogen) atoms. The van der Waals surface area contributed by atoms with Gasteiger partial charge in [0.2, 0.25) is 10.0 Å². The van der Waals surface area contributed by atoms with Gasteiger partial charge in [-0.1, -0.05) is 28.1 Å². The van der Waals surface area contributed by atoms with Crippen molar-refractivity contribution >= 4 is 26.0 Å². The van der Waals surface area contributed by atoms with Crippen molar-refractivity contribution in [2.24, 2.45) is 0 Å². The van der Waals surface area contributed by atoms with Crippen LogP contribution in [0, 0.1) is 0 Å². The molecule has 2 rings (SSSR count). The van der Waals surface area contributed by atoms with Gasteiger partial charge >= 0.3 is 0 Å². The van der Waals surface area contributed by atoms with Crippen LogP contribution in [0.4, 0.5) is 0 Å². The van der Waals surface area contributed by atoms with Crippen molar-refractivity contribution in [1.82, 2.24) is 9.21 Å². The lowest BCUT2D eigenvalue weighted by Crippen LogP contribution is -2.53. The molecular weight excluding hydrogens is 328 g/mol. The van der Waals surface area contributed by atoms with Gasteiger partial charge in [0.1, 0.15) is 0 Å². The van der Waals surface area contributed by atoms with Gasteiger partial charge in [0.15, 0.2) is 0 Å². The molecular formula is C13H19BrN2O2S. The molecule has 1 saturated heterocycles. The average Bonchev–Trinajstić information content (AvgIpc) is 2.27. The smallest absolute Gasteiger partial charge is 0.211 e. The normalized spacial score (nSPS) is 22.6. The van der Waals surface area contributed by atoms with Crippen LogP contribution in [0.5, 0.6) is 0 Å². The van der Waals surface area contributed by atoms with Gasteiger partial charge in [-0.25, -0.2) is 8.42 Å². The minimum absolute atomic E-state index is 0.0379. The highest BCUT2D eigenvalue weighted by Crippen LogP contribution is 2.17. The van der Waals surface area contributed by atoms with E-state index in [4.69, 9.17) is 0 Å². The third-order valence-electron chi connectivity index (χ3n) is 3.37. The van der Waals surface area contributed by atoms with Crippen LogP contribution in [0.3, 0.4) is 0 Å². The Kier molecular flexibility index (Phi) is 4.66. The molecule has 0 aliphatic carbocycles. The van der Waals surface area contributed by atoms with Crippen molar-refractivity contribution < 1.29 is 8.42 Å². The fourth-order valence-electron chi connectivity index (χ4n) is 2.55. The minimum atomic E-state index is -3.08. The molecule has 0 aromatic heterocycles. The first-order valence-corrected chi connectivity index (χ1v) is 8.94. The van der Waals surface area contributed by atoms with E-state index in [1.807, 2.05) is 19.1 Å². The van der Waals surface area contributed by atoms with Crippen molar-refractivity contribution in [3.8, 4) is 0 Å². The lowest BCUT2D eigenvalue weighted by Gasteiger charge is -2.38. The Labute approximate surface area is 123 Å². The highest BCUT2D eigenvalue weighted by atomic mass is 79.9. The van der Waals surface area contributed by atoms with Crippen LogP contribution in [0.15, 0.2) is 28.7 Å². The van der Waals surface area contributed by atoms with E-state index >= 15 is 0 Å². The first kappa shape index (κ1) is 15.0. The Bertz CT molecular complexity index is 547. The Morgan fingerprint density at radius 1 is 1.37 bits per heavy atom. The Morgan fingerprint density at radius 3 is 2.68 bits per heavy atom. The van der Waals surface area contributed by atoms with Crippen molar-refractivity contribution in [2.45, 2.75) is 19.5 Å². The van der Waals surface area contributed by atoms with Crippen LogP contribution >= 0.6 is 15.9 Å². The summed E-state index contributed by atoms with van der Waals surface area (Å²) in [5, 5.41) is 0. The standard InChI is InChI=1S/C13H19BrN2O2S/c1-11-9-15(6-7-16(11)19(2,17)18)10-12-4-3-5-13(14)8-12/h3-5,8,11H,6-7,9-10H2,1-2H3. The van der Waals surface area contributed by atoms with Gasteiger partial charge in [0.25, 0.3) is 0 Å². The SMILES string of the molecule is CC1CN(Cc2cccc(Br)c2)CCN1S(C)(=O)=O. The number of halogens is 1. The molecule has 6 heteroatoms. The first-order chi connectivity index (χ1) is 8.86. The lowest BCUT2D eigenvalue weighted by molar-refractivity contribution is 0.138. The fraction of sp³-hybridized carbons (Fsp3) is 0.538. The van der Waals surface area contributed by atoms with E-state index in [1.54, 1.807) is 4.31 Å². The molecule has 1 unspecified atom stereocenters. The third kappa shape index (κ3) is 4.02. The summed E-state index contributed by atoms with van der Waals surface area (Å²) in [6.07, 6.45) is 1.29. The van der Waals surface area contributed by atoms with Crippen LogP contribution in [0.2, 0.25) is 0 Å². The Hall–Kier alpha value is -0.430. The van der Waals surface area contributed by atoms with Gasteiger partial charge in [-0.05, 0) is 24.6 Å². The Balaban J connectivity index is 1.99. The summed E-state index contributed by atoms with van der Waals surface area (Å²) in [5.74, 6) is 0. The van der Waals surface area contributed by atoms with E-state index in [-0.39, 0.29) is 6.04 Å². The minimum Gasteiger partial charge on any atom is -0.296 e. The predicted molar refractivity (Wildman–Crippen MR) is 80.4 cm³/mol. The molecule has 4 nitrogen and oxygen atoms in total. The molecule has 106 valence electrons. The third-order valence-corrected chi connectivity index (χ3v) is 5.26. The van der Waals surface area contributed by atoms with Crippen molar-refractivity contribution in [3.05, 3.63) is 34.3 Å². The summed E-state index contributed by atoms with van der Waals surface area (Å²) in [6, 6.07) is 8.27. The number of rotatable bonds is 3. The quantitative estimate of drug-likeness (QED) is 0.839. The summed E-state index contributed by atoms with van der Waals surface area (Å²) < 4.78 is 25.9. The number of nitrogens with zero attached hydrogens (tertiary/aromatic N) is 2. The largest absolute Gasteiger partial charge is 0.296 e. The zero-order valence-corrected chi connectivity index (χ0v) is 13.6. The van der Waals surface area contributed by atoms with Crippen molar-refractivity contribution in [3.63, 3.8) is 0 Å². The maximum absolute atomic E-state index is 11.6. The van der Waals surface area contributed by atoms with E-state index in [1.165, 1.54) is 11.8 Å². The number of benzene rings is 1. The summed E-state index contributed by atoms with van der Waals surface area (Å²) in [4.78, 5) is 2.30. The van der Waals surface area contributed by atoms with Gasteiger partial charge in [-0.3, -0.25) is 4.90 Å². The van der Waals surface area contributed by atoms with E-state index in [0.717, 1.165) is 24.1 Å². The molecule has 0 saturated carbocycles. The highest BCUT2D eigenvalue weighted by Gasteiger charge is 2.29. The number of sulfonamides is 1. The van der Waals surface area contributed by atoms with Gasteiger partial charge in [0, 0.05) is 36.7 Å². The second-order valence-corrected chi connectivity index (χ2v) is 7.94. The van der Waals surface area contributed by atoms with Gasteiger partial charge in [0.05, 0.1) is 6.26 Å². The molecule has 1 atom stereocenters. The molecule has 1 aromatic rings. The molecule has 1 aromatic carbocycles. The van der Waals surface area contributed by atoms with E-state index < -0.39 is 10.0 Å². The summed E-state index contributed by atoms with van der Waals surface area (Å²) in [5.41, 5.74) is 1.24.